The number of rotatable bonds is 3. The number of halogens is 1. The van der Waals surface area contributed by atoms with Crippen molar-refractivity contribution in [2.45, 2.75) is 25.4 Å². The summed E-state index contributed by atoms with van der Waals surface area (Å²) in [5.41, 5.74) is 0. The average molecular weight is 293 g/mol. The van der Waals surface area contributed by atoms with E-state index in [1.165, 1.54) is 29.4 Å². The molecule has 78 valence electrons. The molecule has 1 aliphatic heterocycles. The normalized spacial score (nSPS) is 18.6. The predicted octanol–water partition coefficient (Wildman–Crippen LogP) is 2.89. The molecule has 0 aliphatic carbocycles. The summed E-state index contributed by atoms with van der Waals surface area (Å²) in [6, 6.07) is 0.707. The lowest BCUT2D eigenvalue weighted by Crippen LogP contribution is -2.31. The number of hydrogen-bond acceptors (Lipinski definition) is 4. The molecule has 0 aromatic carbocycles. The van der Waals surface area contributed by atoms with Gasteiger partial charge in [0.15, 0.2) is 0 Å². The van der Waals surface area contributed by atoms with Crippen molar-refractivity contribution in [3.8, 4) is 0 Å². The summed E-state index contributed by atoms with van der Waals surface area (Å²) in [5, 5.41) is 4.74. The SMILES string of the molecule is Brc1cnc(CNC2CCSCC2)s1. The summed E-state index contributed by atoms with van der Waals surface area (Å²) in [7, 11) is 0. The zero-order valence-electron chi connectivity index (χ0n) is 7.83. The Morgan fingerprint density at radius 2 is 2.29 bits per heavy atom. The lowest BCUT2D eigenvalue weighted by Gasteiger charge is -2.21. The molecule has 2 nitrogen and oxygen atoms in total. The van der Waals surface area contributed by atoms with Crippen LogP contribution in [-0.4, -0.2) is 22.5 Å². The van der Waals surface area contributed by atoms with Crippen LogP contribution in [-0.2, 0) is 6.54 Å². The highest BCUT2D eigenvalue weighted by molar-refractivity contribution is 9.11. The Hall–Kier alpha value is 0.420. The topological polar surface area (TPSA) is 24.9 Å². The fourth-order valence-electron chi connectivity index (χ4n) is 1.50. The third-order valence-corrected chi connectivity index (χ3v) is 4.81. The molecule has 2 heterocycles. The van der Waals surface area contributed by atoms with Crippen molar-refractivity contribution in [2.24, 2.45) is 0 Å². The van der Waals surface area contributed by atoms with Crippen LogP contribution in [0.1, 0.15) is 17.8 Å². The van der Waals surface area contributed by atoms with Gasteiger partial charge in [0.05, 0.1) is 9.98 Å². The quantitative estimate of drug-likeness (QED) is 0.927. The molecule has 2 rings (SSSR count). The first-order chi connectivity index (χ1) is 6.84. The second kappa shape index (κ2) is 5.49. The molecule has 14 heavy (non-hydrogen) atoms. The largest absolute Gasteiger partial charge is 0.308 e. The third kappa shape index (κ3) is 3.22. The molecule has 0 spiro atoms. The highest BCUT2D eigenvalue weighted by Crippen LogP contribution is 2.20. The van der Waals surface area contributed by atoms with Gasteiger partial charge in [-0.2, -0.15) is 11.8 Å². The monoisotopic (exact) mass is 292 g/mol. The molecule has 0 amide bonds. The molecule has 0 unspecified atom stereocenters. The van der Waals surface area contributed by atoms with Crippen LogP contribution in [0.15, 0.2) is 9.98 Å². The maximum atomic E-state index is 4.30. The van der Waals surface area contributed by atoms with Crippen molar-refractivity contribution in [1.82, 2.24) is 10.3 Å². The van der Waals surface area contributed by atoms with Crippen LogP contribution in [0.25, 0.3) is 0 Å². The minimum atomic E-state index is 0.707. The summed E-state index contributed by atoms with van der Waals surface area (Å²) in [5.74, 6) is 2.61. The van der Waals surface area contributed by atoms with Crippen molar-refractivity contribution in [2.75, 3.05) is 11.5 Å². The van der Waals surface area contributed by atoms with E-state index in [4.69, 9.17) is 0 Å². The molecular weight excluding hydrogens is 280 g/mol. The highest BCUT2D eigenvalue weighted by atomic mass is 79.9. The van der Waals surface area contributed by atoms with Gasteiger partial charge in [-0.25, -0.2) is 4.98 Å². The molecule has 0 saturated carbocycles. The van der Waals surface area contributed by atoms with E-state index < -0.39 is 0 Å². The first-order valence-corrected chi connectivity index (χ1v) is 7.52. The fourth-order valence-corrected chi connectivity index (χ4v) is 3.86. The van der Waals surface area contributed by atoms with Gasteiger partial charge in [0.2, 0.25) is 0 Å². The van der Waals surface area contributed by atoms with Crippen LogP contribution in [0.4, 0.5) is 0 Å². The van der Waals surface area contributed by atoms with Crippen LogP contribution in [0, 0.1) is 0 Å². The highest BCUT2D eigenvalue weighted by Gasteiger charge is 2.13. The van der Waals surface area contributed by atoms with Gasteiger partial charge in [-0.3, -0.25) is 0 Å². The minimum absolute atomic E-state index is 0.707. The summed E-state index contributed by atoms with van der Waals surface area (Å²) in [6.07, 6.45) is 4.48. The lowest BCUT2D eigenvalue weighted by atomic mass is 10.1. The van der Waals surface area contributed by atoms with E-state index in [-0.39, 0.29) is 0 Å². The van der Waals surface area contributed by atoms with Crippen molar-refractivity contribution in [3.63, 3.8) is 0 Å². The van der Waals surface area contributed by atoms with Crippen molar-refractivity contribution in [3.05, 3.63) is 15.0 Å². The van der Waals surface area contributed by atoms with Crippen LogP contribution in [0.3, 0.4) is 0 Å². The van der Waals surface area contributed by atoms with E-state index in [1.807, 2.05) is 6.20 Å². The Bertz CT molecular complexity index is 284. The molecule has 1 N–H and O–H groups in total. The van der Waals surface area contributed by atoms with Gasteiger partial charge in [-0.05, 0) is 40.3 Å². The molecule has 1 aliphatic rings. The van der Waals surface area contributed by atoms with E-state index in [9.17, 15) is 0 Å². The Kier molecular flexibility index (Phi) is 4.28. The van der Waals surface area contributed by atoms with Crippen LogP contribution >= 0.6 is 39.0 Å². The summed E-state index contributed by atoms with van der Waals surface area (Å²) >= 11 is 7.20. The molecule has 0 radical (unpaired) electrons. The summed E-state index contributed by atoms with van der Waals surface area (Å²) in [4.78, 5) is 4.30. The number of aromatic nitrogens is 1. The molecule has 0 bridgehead atoms. The van der Waals surface area contributed by atoms with E-state index >= 15 is 0 Å². The Morgan fingerprint density at radius 3 is 2.93 bits per heavy atom. The minimum Gasteiger partial charge on any atom is -0.308 e. The standard InChI is InChI=1S/C9H13BrN2S2/c10-8-5-12-9(14-8)6-11-7-1-3-13-4-2-7/h5,7,11H,1-4,6H2. The van der Waals surface area contributed by atoms with E-state index in [0.29, 0.717) is 6.04 Å². The number of nitrogens with one attached hydrogen (secondary N) is 1. The zero-order chi connectivity index (χ0) is 9.80. The van der Waals surface area contributed by atoms with Gasteiger partial charge in [0, 0.05) is 12.6 Å². The molecule has 1 fully saturated rings. The predicted molar refractivity (Wildman–Crippen MR) is 67.0 cm³/mol. The van der Waals surface area contributed by atoms with Crippen LogP contribution in [0.2, 0.25) is 0 Å². The number of thioether (sulfide) groups is 1. The fraction of sp³-hybridized carbons (Fsp3) is 0.667. The molecule has 1 saturated heterocycles. The average Bonchev–Trinajstić information content (AvgIpc) is 2.63. The van der Waals surface area contributed by atoms with Crippen LogP contribution < -0.4 is 5.32 Å². The number of nitrogens with zero attached hydrogens (tertiary/aromatic N) is 1. The maximum absolute atomic E-state index is 4.30. The molecule has 5 heteroatoms. The molecule has 1 aromatic heterocycles. The van der Waals surface area contributed by atoms with E-state index in [0.717, 1.165) is 10.3 Å². The van der Waals surface area contributed by atoms with Gasteiger partial charge < -0.3 is 5.32 Å². The van der Waals surface area contributed by atoms with Crippen molar-refractivity contribution >= 4 is 39.0 Å². The van der Waals surface area contributed by atoms with Gasteiger partial charge >= 0.3 is 0 Å². The first-order valence-electron chi connectivity index (χ1n) is 4.76. The second-order valence-corrected chi connectivity index (χ2v) is 7.04. The molecule has 0 atom stereocenters. The first kappa shape index (κ1) is 10.9. The lowest BCUT2D eigenvalue weighted by molar-refractivity contribution is 0.481. The molecule has 1 aromatic rings. The Morgan fingerprint density at radius 1 is 1.50 bits per heavy atom. The van der Waals surface area contributed by atoms with Gasteiger partial charge in [-0.15, -0.1) is 11.3 Å². The summed E-state index contributed by atoms with van der Waals surface area (Å²) < 4.78 is 1.12. The van der Waals surface area contributed by atoms with Gasteiger partial charge in [0.1, 0.15) is 5.01 Å². The molecular formula is C9H13BrN2S2. The van der Waals surface area contributed by atoms with E-state index in [2.05, 4.69) is 38.0 Å². The zero-order valence-corrected chi connectivity index (χ0v) is 11.1. The van der Waals surface area contributed by atoms with Crippen molar-refractivity contribution < 1.29 is 0 Å². The van der Waals surface area contributed by atoms with E-state index in [1.54, 1.807) is 11.3 Å². The Balaban J connectivity index is 1.76. The maximum Gasteiger partial charge on any atom is 0.107 e. The summed E-state index contributed by atoms with van der Waals surface area (Å²) in [6.45, 7) is 0.922. The van der Waals surface area contributed by atoms with Crippen molar-refractivity contribution in [1.29, 1.82) is 0 Å². The number of thiazole rings is 1. The van der Waals surface area contributed by atoms with Crippen LogP contribution in [0.5, 0.6) is 0 Å². The number of hydrogen-bond donors (Lipinski definition) is 1. The van der Waals surface area contributed by atoms with Gasteiger partial charge in [0.25, 0.3) is 0 Å². The second-order valence-electron chi connectivity index (χ2n) is 3.33. The Labute approximate surface area is 101 Å². The smallest absolute Gasteiger partial charge is 0.107 e. The third-order valence-electron chi connectivity index (χ3n) is 2.29. The van der Waals surface area contributed by atoms with Gasteiger partial charge in [-0.1, -0.05) is 0 Å².